The Kier molecular flexibility index (Phi) is 6.71. The molecule has 0 spiro atoms. The fraction of sp³-hybridized carbons (Fsp3) is 1.00. The Morgan fingerprint density at radius 1 is 1.17 bits per heavy atom. The van der Waals surface area contributed by atoms with E-state index in [4.69, 9.17) is 9.47 Å². The fourth-order valence-corrected chi connectivity index (χ4v) is 0.899. The van der Waals surface area contributed by atoms with Crippen LogP contribution in [0.4, 0.5) is 12.9 Å². The Morgan fingerprint density at radius 2 is 1.67 bits per heavy atom. The third kappa shape index (κ3) is 5.96. The van der Waals surface area contributed by atoms with Crippen LogP contribution in [0.1, 0.15) is 6.42 Å². The van der Waals surface area contributed by atoms with E-state index in [1.807, 2.05) is 0 Å². The minimum atomic E-state index is -4.68. The quantitative estimate of drug-likeness (QED) is 0.531. The molecule has 12 heavy (non-hydrogen) atoms. The van der Waals surface area contributed by atoms with E-state index in [2.05, 4.69) is 0 Å². The predicted octanol–water partition coefficient (Wildman–Crippen LogP) is -1.40. The van der Waals surface area contributed by atoms with Gasteiger partial charge in [0.05, 0.1) is 13.2 Å². The molecule has 0 aromatic rings. The molecule has 0 N–H and O–H groups in total. The molecule has 0 atom stereocenters. The monoisotopic (exact) mass is 208 g/mol. The Bertz CT molecular complexity index is 126. The average Bonchev–Trinajstić information content (AvgIpc) is 2.32. The van der Waals surface area contributed by atoms with Gasteiger partial charge >= 0.3 is 58.4 Å². The van der Waals surface area contributed by atoms with Crippen molar-refractivity contribution < 1.29 is 73.8 Å². The van der Waals surface area contributed by atoms with Crippen LogP contribution in [0.25, 0.3) is 0 Å². The number of ether oxygens (including phenoxy) is 2. The van der Waals surface area contributed by atoms with Crippen molar-refractivity contribution in [3.05, 3.63) is 0 Å². The molecule has 0 bridgehead atoms. The van der Waals surface area contributed by atoms with Gasteiger partial charge in [-0.15, -0.1) is 0 Å². The molecule has 66 valence electrons. The van der Waals surface area contributed by atoms with Crippen LogP contribution in [0.5, 0.6) is 0 Å². The summed E-state index contributed by atoms with van der Waals surface area (Å²) >= 11 is 0. The second kappa shape index (κ2) is 6.00. The zero-order chi connectivity index (χ0) is 8.32. The summed E-state index contributed by atoms with van der Waals surface area (Å²) in [4.78, 5) is 0. The van der Waals surface area contributed by atoms with Gasteiger partial charge in [0.1, 0.15) is 0 Å². The molecular weight excluding hydrogens is 199 g/mol. The zero-order valence-electron chi connectivity index (χ0n) is 6.93. The first-order chi connectivity index (χ1) is 5.08. The summed E-state index contributed by atoms with van der Waals surface area (Å²) in [6, 6.07) is 0. The third-order valence-electron chi connectivity index (χ3n) is 1.42. The van der Waals surface area contributed by atoms with Gasteiger partial charge in [-0.2, -0.15) is 0 Å². The second-order valence-electron chi connectivity index (χ2n) is 2.46. The van der Waals surface area contributed by atoms with E-state index in [9.17, 15) is 12.9 Å². The zero-order valence-corrected chi connectivity index (χ0v) is 10.1. The maximum Gasteiger partial charge on any atom is 1.00 e. The van der Waals surface area contributed by atoms with Crippen LogP contribution in [0.15, 0.2) is 0 Å². The average molecular weight is 208 g/mol. The normalized spacial score (nSPS) is 19.2. The molecule has 7 heteroatoms. The van der Waals surface area contributed by atoms with Crippen molar-refractivity contribution >= 4 is 6.98 Å². The third-order valence-corrected chi connectivity index (χ3v) is 1.42. The molecule has 1 aliphatic heterocycles. The van der Waals surface area contributed by atoms with Crippen LogP contribution >= 0.6 is 0 Å². The summed E-state index contributed by atoms with van der Waals surface area (Å²) in [5, 5.41) is 0. The Labute approximate surface area is 112 Å². The Balaban J connectivity index is 0.00000121. The van der Waals surface area contributed by atoms with Crippen molar-refractivity contribution in [1.82, 2.24) is 0 Å². The second-order valence-corrected chi connectivity index (χ2v) is 2.46. The van der Waals surface area contributed by atoms with Crippen LogP contribution < -0.4 is 51.4 Å². The van der Waals surface area contributed by atoms with E-state index in [1.54, 1.807) is 0 Å². The molecule has 0 amide bonds. The topological polar surface area (TPSA) is 18.5 Å². The summed E-state index contributed by atoms with van der Waals surface area (Å²) in [6.07, 6.45) is -1.47. The van der Waals surface area contributed by atoms with E-state index in [-0.39, 0.29) is 57.8 Å². The van der Waals surface area contributed by atoms with Crippen LogP contribution in [0.2, 0.25) is 6.32 Å². The van der Waals surface area contributed by atoms with E-state index < -0.39 is 19.6 Å². The maximum absolute atomic E-state index is 11.7. The molecule has 0 aromatic carbocycles. The van der Waals surface area contributed by atoms with Crippen LogP contribution in [0.3, 0.4) is 0 Å². The number of rotatable bonds is 3. The van der Waals surface area contributed by atoms with Gasteiger partial charge in [-0.3, -0.25) is 0 Å². The molecule has 1 aliphatic rings. The summed E-state index contributed by atoms with van der Waals surface area (Å²) in [7, 11) is 0. The van der Waals surface area contributed by atoms with Crippen molar-refractivity contribution in [3.63, 3.8) is 0 Å². The van der Waals surface area contributed by atoms with E-state index in [1.165, 1.54) is 0 Å². The molecule has 0 radical (unpaired) electrons. The van der Waals surface area contributed by atoms with E-state index >= 15 is 0 Å². The predicted molar refractivity (Wildman–Crippen MR) is 34.2 cm³/mol. The molecule has 0 saturated carbocycles. The molecule has 1 saturated heterocycles. The molecule has 0 unspecified atom stereocenters. The molecule has 2 nitrogen and oxygen atoms in total. The van der Waals surface area contributed by atoms with Crippen molar-refractivity contribution in [3.8, 4) is 0 Å². The summed E-state index contributed by atoms with van der Waals surface area (Å²) in [5.74, 6) is 0. The minimum Gasteiger partial charge on any atom is -0.449 e. The molecule has 1 rings (SSSR count). The number of hydrogen-bond donors (Lipinski definition) is 0. The van der Waals surface area contributed by atoms with Crippen molar-refractivity contribution in [2.75, 3.05) is 13.2 Å². The Morgan fingerprint density at radius 3 is 2.08 bits per heavy atom. The first-order valence-corrected chi connectivity index (χ1v) is 3.52. The molecule has 0 aromatic heterocycles. The molecule has 0 aliphatic carbocycles. The smallest absolute Gasteiger partial charge is 0.449 e. The van der Waals surface area contributed by atoms with Gasteiger partial charge in [0, 0.05) is 0 Å². The van der Waals surface area contributed by atoms with Gasteiger partial charge in [0.2, 0.25) is 0 Å². The molecule has 1 heterocycles. The largest absolute Gasteiger partial charge is 1.00 e. The minimum absolute atomic E-state index is 0. The van der Waals surface area contributed by atoms with Crippen molar-refractivity contribution in [1.29, 1.82) is 0 Å². The fourth-order valence-electron chi connectivity index (χ4n) is 0.899. The number of hydrogen-bond acceptors (Lipinski definition) is 2. The van der Waals surface area contributed by atoms with Gasteiger partial charge in [0.25, 0.3) is 0 Å². The number of halogens is 3. The van der Waals surface area contributed by atoms with Gasteiger partial charge < -0.3 is 22.4 Å². The van der Waals surface area contributed by atoms with Crippen molar-refractivity contribution in [2.45, 2.75) is 19.0 Å². The van der Waals surface area contributed by atoms with E-state index in [0.717, 1.165) is 0 Å². The first kappa shape index (κ1) is 13.4. The summed E-state index contributed by atoms with van der Waals surface area (Å²) in [5.41, 5.74) is 0. The van der Waals surface area contributed by atoms with Gasteiger partial charge in [-0.1, -0.05) is 6.32 Å². The van der Waals surface area contributed by atoms with E-state index in [0.29, 0.717) is 13.2 Å². The summed E-state index contributed by atoms with van der Waals surface area (Å²) in [6.45, 7) is -3.85. The summed E-state index contributed by atoms with van der Waals surface area (Å²) < 4.78 is 44.7. The van der Waals surface area contributed by atoms with Gasteiger partial charge in [-0.25, -0.2) is 0 Å². The molecule has 1 fully saturated rings. The van der Waals surface area contributed by atoms with Crippen LogP contribution in [0, 0.1) is 0 Å². The van der Waals surface area contributed by atoms with Gasteiger partial charge in [-0.05, 0) is 6.42 Å². The SMILES string of the molecule is F[B-](F)(F)CCC1OCCO1.[K+]. The van der Waals surface area contributed by atoms with Crippen LogP contribution in [-0.4, -0.2) is 26.5 Å². The Hall–Kier alpha value is 1.41. The van der Waals surface area contributed by atoms with Crippen molar-refractivity contribution in [2.24, 2.45) is 0 Å². The first-order valence-electron chi connectivity index (χ1n) is 3.52. The maximum atomic E-state index is 11.7. The van der Waals surface area contributed by atoms with Gasteiger partial charge in [0.15, 0.2) is 6.29 Å². The van der Waals surface area contributed by atoms with Crippen LogP contribution in [-0.2, 0) is 9.47 Å². The standard InChI is InChI=1S/C5H9BF3O2.K/c7-6(8,9)2-1-5-10-3-4-11-5;/h5H,1-4H2;/q-1;+1. The molecular formula is C5H9BF3KO2.